The molecule has 2 heteroatoms. The first-order valence-electron chi connectivity index (χ1n) is 5.24. The summed E-state index contributed by atoms with van der Waals surface area (Å²) < 4.78 is 5.15. The van der Waals surface area contributed by atoms with Crippen molar-refractivity contribution in [1.29, 1.82) is 0 Å². The van der Waals surface area contributed by atoms with Gasteiger partial charge in [-0.1, -0.05) is 38.0 Å². The van der Waals surface area contributed by atoms with Gasteiger partial charge in [0, 0.05) is 5.56 Å². The summed E-state index contributed by atoms with van der Waals surface area (Å²) in [6.07, 6.45) is 4.48. The Kier molecular flexibility index (Phi) is 4.61. The number of hydrogen-bond acceptors (Lipinski definition) is 2. The van der Waals surface area contributed by atoms with Crippen molar-refractivity contribution in [3.63, 3.8) is 0 Å². The Bertz CT molecular complexity index is 362. The number of aryl methyl sites for hydroxylation is 1. The van der Waals surface area contributed by atoms with E-state index in [2.05, 4.69) is 25.8 Å². The SMILES string of the molecule is CCC.Cc1ccc(-c2ncco2)cc1. The van der Waals surface area contributed by atoms with Gasteiger partial charge < -0.3 is 4.42 Å². The molecule has 0 fully saturated rings. The molecule has 2 nitrogen and oxygen atoms in total. The van der Waals surface area contributed by atoms with Gasteiger partial charge >= 0.3 is 0 Å². The second-order valence-corrected chi connectivity index (χ2v) is 3.41. The van der Waals surface area contributed by atoms with Crippen LogP contribution in [0.3, 0.4) is 0 Å². The predicted octanol–water partition coefficient (Wildman–Crippen LogP) is 4.07. The van der Waals surface area contributed by atoms with Crippen LogP contribution in [0.4, 0.5) is 0 Å². The first-order valence-corrected chi connectivity index (χ1v) is 5.24. The van der Waals surface area contributed by atoms with Crippen molar-refractivity contribution >= 4 is 0 Å². The topological polar surface area (TPSA) is 26.0 Å². The molecule has 0 aliphatic carbocycles. The molecule has 15 heavy (non-hydrogen) atoms. The lowest BCUT2D eigenvalue weighted by Gasteiger charge is -1.94. The number of aromatic nitrogens is 1. The average molecular weight is 203 g/mol. The monoisotopic (exact) mass is 203 g/mol. The first-order chi connectivity index (χ1) is 7.27. The third-order valence-electron chi connectivity index (χ3n) is 1.73. The van der Waals surface area contributed by atoms with Gasteiger partial charge in [0.1, 0.15) is 6.26 Å². The minimum atomic E-state index is 0.676. The van der Waals surface area contributed by atoms with Crippen LogP contribution in [0.5, 0.6) is 0 Å². The van der Waals surface area contributed by atoms with Crippen LogP contribution in [-0.2, 0) is 0 Å². The highest BCUT2D eigenvalue weighted by molar-refractivity contribution is 5.52. The summed E-state index contributed by atoms with van der Waals surface area (Å²) in [5.74, 6) is 0.676. The van der Waals surface area contributed by atoms with Crippen molar-refractivity contribution in [2.45, 2.75) is 27.2 Å². The van der Waals surface area contributed by atoms with Crippen LogP contribution in [0.25, 0.3) is 11.5 Å². The van der Waals surface area contributed by atoms with Crippen molar-refractivity contribution < 1.29 is 4.42 Å². The largest absolute Gasteiger partial charge is 0.445 e. The molecule has 0 spiro atoms. The van der Waals surface area contributed by atoms with Crippen LogP contribution < -0.4 is 0 Å². The molecule has 0 aliphatic rings. The second kappa shape index (κ2) is 6.02. The van der Waals surface area contributed by atoms with E-state index in [0.717, 1.165) is 5.56 Å². The van der Waals surface area contributed by atoms with Crippen molar-refractivity contribution in [2.75, 3.05) is 0 Å². The van der Waals surface area contributed by atoms with E-state index >= 15 is 0 Å². The molecule has 1 aromatic heterocycles. The van der Waals surface area contributed by atoms with E-state index in [1.165, 1.54) is 12.0 Å². The Balaban J connectivity index is 0.000000337. The summed E-state index contributed by atoms with van der Waals surface area (Å²) in [7, 11) is 0. The number of rotatable bonds is 1. The zero-order valence-electron chi connectivity index (χ0n) is 9.53. The van der Waals surface area contributed by atoms with Gasteiger partial charge in [0.2, 0.25) is 5.89 Å². The van der Waals surface area contributed by atoms with Gasteiger partial charge in [-0.2, -0.15) is 0 Å². The molecular formula is C13H17NO. The quantitative estimate of drug-likeness (QED) is 0.698. The van der Waals surface area contributed by atoms with Crippen LogP contribution in [0.15, 0.2) is 41.1 Å². The Morgan fingerprint density at radius 3 is 2.20 bits per heavy atom. The molecule has 0 saturated carbocycles. The first kappa shape index (κ1) is 11.5. The molecule has 80 valence electrons. The standard InChI is InChI=1S/C10H9NO.C3H8/c1-8-2-4-9(5-3-8)10-11-6-7-12-10;1-3-2/h2-7H,1H3;3H2,1-2H3. The lowest BCUT2D eigenvalue weighted by Crippen LogP contribution is -1.76. The Morgan fingerprint density at radius 2 is 1.73 bits per heavy atom. The minimum absolute atomic E-state index is 0.676. The second-order valence-electron chi connectivity index (χ2n) is 3.41. The molecule has 0 unspecified atom stereocenters. The summed E-state index contributed by atoms with van der Waals surface area (Å²) in [6.45, 7) is 6.30. The summed E-state index contributed by atoms with van der Waals surface area (Å²) in [4.78, 5) is 4.05. The van der Waals surface area contributed by atoms with Crippen LogP contribution in [0.1, 0.15) is 25.8 Å². The van der Waals surface area contributed by atoms with Crippen molar-refractivity contribution in [2.24, 2.45) is 0 Å². The fraction of sp³-hybridized carbons (Fsp3) is 0.308. The summed E-state index contributed by atoms with van der Waals surface area (Å²) in [5.41, 5.74) is 2.26. The van der Waals surface area contributed by atoms with E-state index in [1.807, 2.05) is 24.3 Å². The molecule has 0 atom stereocenters. The van der Waals surface area contributed by atoms with E-state index in [9.17, 15) is 0 Å². The van der Waals surface area contributed by atoms with E-state index in [4.69, 9.17) is 4.42 Å². The van der Waals surface area contributed by atoms with Crippen molar-refractivity contribution in [1.82, 2.24) is 4.98 Å². The molecule has 1 aromatic carbocycles. The van der Waals surface area contributed by atoms with Crippen LogP contribution in [-0.4, -0.2) is 4.98 Å². The molecule has 2 aromatic rings. The lowest BCUT2D eigenvalue weighted by atomic mass is 10.1. The van der Waals surface area contributed by atoms with Gasteiger partial charge in [0.15, 0.2) is 0 Å². The Morgan fingerprint density at radius 1 is 1.13 bits per heavy atom. The highest BCUT2D eigenvalue weighted by atomic mass is 16.3. The van der Waals surface area contributed by atoms with Gasteiger partial charge in [-0.25, -0.2) is 4.98 Å². The van der Waals surface area contributed by atoms with Gasteiger partial charge in [-0.15, -0.1) is 0 Å². The van der Waals surface area contributed by atoms with Gasteiger partial charge in [0.25, 0.3) is 0 Å². The third kappa shape index (κ3) is 3.58. The maximum Gasteiger partial charge on any atom is 0.225 e. The maximum absolute atomic E-state index is 5.15. The highest BCUT2D eigenvalue weighted by Crippen LogP contribution is 2.16. The lowest BCUT2D eigenvalue weighted by molar-refractivity contribution is 0.574. The zero-order chi connectivity index (χ0) is 11.1. The van der Waals surface area contributed by atoms with E-state index in [-0.39, 0.29) is 0 Å². The Labute approximate surface area is 91.0 Å². The number of benzene rings is 1. The minimum Gasteiger partial charge on any atom is -0.445 e. The molecule has 0 aliphatic heterocycles. The molecule has 0 amide bonds. The summed E-state index contributed by atoms with van der Waals surface area (Å²) in [5, 5.41) is 0. The zero-order valence-corrected chi connectivity index (χ0v) is 9.53. The van der Waals surface area contributed by atoms with Gasteiger partial charge in [-0.3, -0.25) is 0 Å². The van der Waals surface area contributed by atoms with Gasteiger partial charge in [0.05, 0.1) is 6.20 Å². The maximum atomic E-state index is 5.15. The fourth-order valence-electron chi connectivity index (χ4n) is 1.06. The van der Waals surface area contributed by atoms with Crippen LogP contribution in [0.2, 0.25) is 0 Å². The third-order valence-corrected chi connectivity index (χ3v) is 1.73. The van der Waals surface area contributed by atoms with Crippen molar-refractivity contribution in [3.05, 3.63) is 42.3 Å². The van der Waals surface area contributed by atoms with Crippen LogP contribution >= 0.6 is 0 Å². The number of nitrogens with zero attached hydrogens (tertiary/aromatic N) is 1. The Hall–Kier alpha value is -1.57. The van der Waals surface area contributed by atoms with Gasteiger partial charge in [-0.05, 0) is 19.1 Å². The van der Waals surface area contributed by atoms with E-state index in [0.29, 0.717) is 5.89 Å². The predicted molar refractivity (Wildman–Crippen MR) is 62.6 cm³/mol. The van der Waals surface area contributed by atoms with E-state index < -0.39 is 0 Å². The smallest absolute Gasteiger partial charge is 0.225 e. The molecule has 0 bridgehead atoms. The molecule has 1 heterocycles. The molecular weight excluding hydrogens is 186 g/mol. The van der Waals surface area contributed by atoms with Crippen LogP contribution in [0, 0.1) is 6.92 Å². The summed E-state index contributed by atoms with van der Waals surface area (Å²) >= 11 is 0. The number of hydrogen-bond donors (Lipinski definition) is 0. The normalized spacial score (nSPS) is 9.27. The molecule has 0 radical (unpaired) electrons. The molecule has 2 rings (SSSR count). The number of oxazole rings is 1. The summed E-state index contributed by atoms with van der Waals surface area (Å²) in [6, 6.07) is 8.08. The van der Waals surface area contributed by atoms with E-state index in [1.54, 1.807) is 12.5 Å². The fourth-order valence-corrected chi connectivity index (χ4v) is 1.06. The highest BCUT2D eigenvalue weighted by Gasteiger charge is 1.99. The average Bonchev–Trinajstić information content (AvgIpc) is 2.73. The molecule has 0 saturated heterocycles. The van der Waals surface area contributed by atoms with Crippen molar-refractivity contribution in [3.8, 4) is 11.5 Å². The molecule has 0 N–H and O–H groups in total.